The fourth-order valence-electron chi connectivity index (χ4n) is 2.17. The van der Waals surface area contributed by atoms with Crippen molar-refractivity contribution in [3.63, 3.8) is 0 Å². The van der Waals surface area contributed by atoms with E-state index < -0.39 is 0 Å². The van der Waals surface area contributed by atoms with Gasteiger partial charge in [-0.3, -0.25) is 4.98 Å². The zero-order valence-electron chi connectivity index (χ0n) is 10.4. The van der Waals surface area contributed by atoms with Gasteiger partial charge in [0.1, 0.15) is 0 Å². The topological polar surface area (TPSA) is 16.1 Å². The summed E-state index contributed by atoms with van der Waals surface area (Å²) in [4.78, 5) is 6.48. The van der Waals surface area contributed by atoms with Gasteiger partial charge in [-0.25, -0.2) is 0 Å². The van der Waals surface area contributed by atoms with E-state index >= 15 is 0 Å². The number of aryl methyl sites for hydroxylation is 1. The number of hydrogen-bond acceptors (Lipinski definition) is 2. The molecule has 0 bridgehead atoms. The van der Waals surface area contributed by atoms with Crippen LogP contribution in [0.1, 0.15) is 25.0 Å². The maximum Gasteiger partial charge on any atom is 0.0821 e. The van der Waals surface area contributed by atoms with Gasteiger partial charge in [-0.15, -0.1) is 0 Å². The van der Waals surface area contributed by atoms with Gasteiger partial charge in [-0.05, 0) is 38.0 Å². The molecule has 1 aliphatic rings. The molecule has 2 heteroatoms. The summed E-state index contributed by atoms with van der Waals surface area (Å²) in [5.74, 6) is 0. The van der Waals surface area contributed by atoms with Crippen LogP contribution < -0.4 is 0 Å². The van der Waals surface area contributed by atoms with Gasteiger partial charge in [-0.2, -0.15) is 0 Å². The van der Waals surface area contributed by atoms with Crippen LogP contribution in [0.5, 0.6) is 0 Å². The van der Waals surface area contributed by atoms with Crippen LogP contribution in [-0.4, -0.2) is 16.9 Å². The number of nitrogens with zero attached hydrogens (tertiary/aromatic N) is 2. The maximum atomic E-state index is 4.24. The number of hydrogen-bond donors (Lipinski definition) is 0. The normalized spacial score (nSPS) is 24.5. The highest BCUT2D eigenvalue weighted by atomic mass is 15.2. The van der Waals surface area contributed by atoms with E-state index in [4.69, 9.17) is 0 Å². The first-order valence-corrected chi connectivity index (χ1v) is 5.56. The van der Waals surface area contributed by atoms with E-state index in [1.165, 1.54) is 16.7 Å². The molecule has 1 aromatic rings. The molecule has 1 aliphatic heterocycles. The first kappa shape index (κ1) is 10.9. The lowest BCUT2D eigenvalue weighted by molar-refractivity contribution is 0.258. The van der Waals surface area contributed by atoms with Gasteiger partial charge in [0.2, 0.25) is 0 Å². The fraction of sp³-hybridized carbons (Fsp3) is 0.357. The van der Waals surface area contributed by atoms with Crippen LogP contribution >= 0.6 is 0 Å². The Kier molecular flexibility index (Phi) is 2.58. The van der Waals surface area contributed by atoms with Crippen molar-refractivity contribution in [3.8, 4) is 0 Å². The third-order valence-corrected chi connectivity index (χ3v) is 3.39. The standard InChI is InChI=1S/C14H18N2/c1-11-5-7-14(3,16(4)10-11)13-9-15-8-6-12(13)2/h5-10H,1-4H3. The third kappa shape index (κ3) is 1.64. The number of pyridine rings is 1. The van der Waals surface area contributed by atoms with Crippen molar-refractivity contribution >= 4 is 0 Å². The molecule has 0 N–H and O–H groups in total. The molecule has 0 saturated heterocycles. The van der Waals surface area contributed by atoms with Gasteiger partial charge in [0.05, 0.1) is 5.54 Å². The zero-order chi connectivity index (χ0) is 11.8. The second-order valence-electron chi connectivity index (χ2n) is 4.66. The predicted molar refractivity (Wildman–Crippen MR) is 67.0 cm³/mol. The molecule has 2 nitrogen and oxygen atoms in total. The lowest BCUT2D eigenvalue weighted by atomic mass is 9.86. The Morgan fingerprint density at radius 2 is 2.06 bits per heavy atom. The minimum absolute atomic E-state index is 0.0855. The average Bonchev–Trinajstić information content (AvgIpc) is 2.25. The van der Waals surface area contributed by atoms with Gasteiger partial charge in [0.15, 0.2) is 0 Å². The van der Waals surface area contributed by atoms with Gasteiger partial charge in [0, 0.05) is 31.2 Å². The van der Waals surface area contributed by atoms with E-state index in [2.05, 4.69) is 62.1 Å². The molecule has 16 heavy (non-hydrogen) atoms. The molecule has 0 fully saturated rings. The van der Waals surface area contributed by atoms with Gasteiger partial charge < -0.3 is 4.90 Å². The molecular weight excluding hydrogens is 196 g/mol. The van der Waals surface area contributed by atoms with Crippen molar-refractivity contribution < 1.29 is 0 Å². The maximum absolute atomic E-state index is 4.24. The van der Waals surface area contributed by atoms with Gasteiger partial charge in [-0.1, -0.05) is 12.2 Å². The Morgan fingerprint density at radius 1 is 1.31 bits per heavy atom. The highest BCUT2D eigenvalue weighted by Crippen LogP contribution is 2.33. The largest absolute Gasteiger partial charge is 0.367 e. The highest BCUT2D eigenvalue weighted by molar-refractivity contribution is 5.38. The fourth-order valence-corrected chi connectivity index (χ4v) is 2.17. The molecule has 2 rings (SSSR count). The van der Waals surface area contributed by atoms with Crippen molar-refractivity contribution in [2.75, 3.05) is 7.05 Å². The highest BCUT2D eigenvalue weighted by Gasteiger charge is 2.30. The summed E-state index contributed by atoms with van der Waals surface area (Å²) in [5.41, 5.74) is 3.73. The van der Waals surface area contributed by atoms with Crippen LogP contribution in [0.2, 0.25) is 0 Å². The predicted octanol–water partition coefficient (Wildman–Crippen LogP) is 3.01. The quantitative estimate of drug-likeness (QED) is 0.714. The zero-order valence-corrected chi connectivity index (χ0v) is 10.4. The lowest BCUT2D eigenvalue weighted by Crippen LogP contribution is -2.38. The van der Waals surface area contributed by atoms with Crippen LogP contribution in [0.4, 0.5) is 0 Å². The van der Waals surface area contributed by atoms with E-state index in [0.29, 0.717) is 0 Å². The minimum Gasteiger partial charge on any atom is -0.367 e. The van der Waals surface area contributed by atoms with Crippen molar-refractivity contribution in [2.45, 2.75) is 26.3 Å². The molecule has 0 aromatic carbocycles. The van der Waals surface area contributed by atoms with Crippen LogP contribution in [0.3, 0.4) is 0 Å². The third-order valence-electron chi connectivity index (χ3n) is 3.39. The van der Waals surface area contributed by atoms with Crippen molar-refractivity contribution in [1.29, 1.82) is 0 Å². The molecular formula is C14H18N2. The smallest absolute Gasteiger partial charge is 0.0821 e. The summed E-state index contributed by atoms with van der Waals surface area (Å²) in [7, 11) is 2.11. The van der Waals surface area contributed by atoms with Crippen molar-refractivity contribution in [3.05, 3.63) is 53.5 Å². The van der Waals surface area contributed by atoms with Crippen LogP contribution in [0.25, 0.3) is 0 Å². The summed E-state index contributed by atoms with van der Waals surface area (Å²) in [6.45, 7) is 6.47. The van der Waals surface area contributed by atoms with E-state index in [-0.39, 0.29) is 5.54 Å². The van der Waals surface area contributed by atoms with Crippen molar-refractivity contribution in [1.82, 2.24) is 9.88 Å². The Morgan fingerprint density at radius 3 is 2.69 bits per heavy atom. The molecule has 0 aliphatic carbocycles. The van der Waals surface area contributed by atoms with Crippen LogP contribution in [0.15, 0.2) is 42.4 Å². The summed E-state index contributed by atoms with van der Waals surface area (Å²) >= 11 is 0. The average molecular weight is 214 g/mol. The van der Waals surface area contributed by atoms with Crippen molar-refractivity contribution in [2.24, 2.45) is 0 Å². The molecule has 2 heterocycles. The number of allylic oxidation sites excluding steroid dienone is 2. The molecule has 84 valence electrons. The molecule has 0 amide bonds. The summed E-state index contributed by atoms with van der Waals surface area (Å²) < 4.78 is 0. The molecule has 1 aromatic heterocycles. The van der Waals surface area contributed by atoms with E-state index in [0.717, 1.165) is 0 Å². The monoisotopic (exact) mass is 214 g/mol. The summed E-state index contributed by atoms with van der Waals surface area (Å²) in [6.07, 6.45) is 10.4. The second kappa shape index (κ2) is 3.78. The molecule has 0 saturated carbocycles. The molecule has 0 spiro atoms. The molecule has 0 radical (unpaired) electrons. The SMILES string of the molecule is CC1=CN(C)C(C)(c2cnccc2C)C=C1. The van der Waals surface area contributed by atoms with E-state index in [9.17, 15) is 0 Å². The van der Waals surface area contributed by atoms with E-state index in [1.807, 2.05) is 12.4 Å². The Labute approximate surface area is 97.3 Å². The first-order valence-electron chi connectivity index (χ1n) is 5.56. The first-order chi connectivity index (χ1) is 7.54. The van der Waals surface area contributed by atoms with Crippen LogP contribution in [0, 0.1) is 6.92 Å². The number of rotatable bonds is 1. The number of likely N-dealkylation sites (N-methyl/N-ethyl adjacent to an activating group) is 1. The summed E-state index contributed by atoms with van der Waals surface area (Å²) in [6, 6.07) is 2.06. The van der Waals surface area contributed by atoms with Crippen LogP contribution in [-0.2, 0) is 5.54 Å². The van der Waals surface area contributed by atoms with E-state index in [1.54, 1.807) is 0 Å². The second-order valence-corrected chi connectivity index (χ2v) is 4.66. The molecule has 1 unspecified atom stereocenters. The lowest BCUT2D eigenvalue weighted by Gasteiger charge is -2.39. The Balaban J connectivity index is 2.49. The summed E-state index contributed by atoms with van der Waals surface area (Å²) in [5, 5.41) is 0. The minimum atomic E-state index is -0.0855. The number of aromatic nitrogens is 1. The Hall–Kier alpha value is -1.57. The van der Waals surface area contributed by atoms with Gasteiger partial charge in [0.25, 0.3) is 0 Å². The molecule has 1 atom stereocenters. The Bertz CT molecular complexity index is 460. The van der Waals surface area contributed by atoms with Gasteiger partial charge >= 0.3 is 0 Å².